The molecule has 1 heterocycles. The van der Waals surface area contributed by atoms with E-state index in [1.54, 1.807) is 24.3 Å². The van der Waals surface area contributed by atoms with Crippen molar-refractivity contribution in [3.8, 4) is 22.6 Å². The highest BCUT2D eigenvalue weighted by atomic mass is 127. The zero-order chi connectivity index (χ0) is 22.8. The molecule has 0 spiro atoms. The van der Waals surface area contributed by atoms with E-state index in [2.05, 4.69) is 31.9 Å². The highest BCUT2D eigenvalue weighted by Crippen LogP contribution is 2.47. The first-order chi connectivity index (χ1) is 14.5. The summed E-state index contributed by atoms with van der Waals surface area (Å²) >= 11 is 14.9. The van der Waals surface area contributed by atoms with Crippen LogP contribution in [0.4, 0.5) is 0 Å². The van der Waals surface area contributed by atoms with E-state index < -0.39 is 5.97 Å². The second-order valence-electron chi connectivity index (χ2n) is 6.36. The Morgan fingerprint density at radius 1 is 0.871 bits per heavy atom. The average molecular weight is 995 g/mol. The van der Waals surface area contributed by atoms with Gasteiger partial charge in [-0.3, -0.25) is 0 Å². The van der Waals surface area contributed by atoms with Gasteiger partial charge in [0.05, 0.1) is 23.5 Å². The lowest BCUT2D eigenvalue weighted by Crippen LogP contribution is -2.03. The molecule has 5 nitrogen and oxygen atoms in total. The molecular weight excluding hydrogens is 988 g/mol. The Kier molecular flexibility index (Phi) is 7.20. The maximum atomic E-state index is 12.3. The number of phenolic OH excluding ortho intramolecular Hbond substituents is 2. The van der Waals surface area contributed by atoms with Crippen molar-refractivity contribution < 1.29 is 24.5 Å². The Balaban J connectivity index is 2.37. The van der Waals surface area contributed by atoms with Crippen LogP contribution in [0.5, 0.6) is 11.5 Å². The molecule has 0 saturated heterocycles. The van der Waals surface area contributed by atoms with Gasteiger partial charge in [0.25, 0.3) is 0 Å². The van der Waals surface area contributed by atoms with Gasteiger partial charge in [0.2, 0.25) is 0 Å². The summed E-state index contributed by atoms with van der Waals surface area (Å²) in [6.07, 6.45) is 0. The Morgan fingerprint density at radius 2 is 1.35 bits per heavy atom. The number of hydrogen-bond acceptors (Lipinski definition) is 3. The molecule has 0 unspecified atom stereocenters. The molecule has 11 heteroatoms. The fourth-order valence-corrected chi connectivity index (χ4v) is 7.68. The molecule has 3 aromatic carbocycles. The van der Waals surface area contributed by atoms with Crippen LogP contribution in [0.25, 0.3) is 33.1 Å². The normalized spacial score (nSPS) is 11.4. The molecule has 0 bridgehead atoms. The zero-order valence-electron chi connectivity index (χ0n) is 14.7. The minimum absolute atomic E-state index is 0.0861. The Morgan fingerprint density at radius 3 is 1.81 bits per heavy atom. The predicted octanol–water partition coefficient (Wildman–Crippen LogP) is 8.59. The van der Waals surface area contributed by atoms with E-state index >= 15 is 0 Å². The molecular formula is C20H7Br2I4O5+. The van der Waals surface area contributed by atoms with Crippen molar-refractivity contribution in [3.63, 3.8) is 0 Å². The Hall–Kier alpha value is 0.280. The van der Waals surface area contributed by atoms with E-state index in [0.29, 0.717) is 56.3 Å². The predicted molar refractivity (Wildman–Crippen MR) is 160 cm³/mol. The topological polar surface area (TPSA) is 89.1 Å². The van der Waals surface area contributed by atoms with Gasteiger partial charge in [-0.15, -0.1) is 0 Å². The van der Waals surface area contributed by atoms with Crippen LogP contribution in [0.3, 0.4) is 0 Å². The summed E-state index contributed by atoms with van der Waals surface area (Å²) < 4.78 is 9.46. The number of fused-ring (bicyclic) bond motifs is 2. The smallest absolute Gasteiger partial charge is 0.378 e. The molecule has 0 aliphatic carbocycles. The van der Waals surface area contributed by atoms with Crippen molar-refractivity contribution in [2.75, 3.05) is 0 Å². The molecule has 4 rings (SSSR count). The SMILES string of the molecule is O=C(O)c1c(-c2c3cc(I)c(O)c(I)c3[o+]c3c(I)c(O)c(I)cc23)ccc(Br)c1Br. The third-order valence-corrected chi connectivity index (χ3v) is 10.3. The number of rotatable bonds is 2. The number of aromatic hydroxyl groups is 2. The van der Waals surface area contributed by atoms with Crippen molar-refractivity contribution >= 4 is 150 Å². The molecule has 1 aromatic heterocycles. The number of halogens is 6. The van der Waals surface area contributed by atoms with Crippen molar-refractivity contribution in [3.05, 3.63) is 53.1 Å². The van der Waals surface area contributed by atoms with Gasteiger partial charge in [-0.2, -0.15) is 0 Å². The van der Waals surface area contributed by atoms with Gasteiger partial charge < -0.3 is 15.3 Å². The van der Waals surface area contributed by atoms with E-state index in [0.717, 1.165) is 0 Å². The van der Waals surface area contributed by atoms with Crippen LogP contribution >= 0.6 is 122 Å². The first-order valence-electron chi connectivity index (χ1n) is 8.23. The lowest BCUT2D eigenvalue weighted by Gasteiger charge is -2.13. The number of aromatic carboxylic acids is 1. The summed E-state index contributed by atoms with van der Waals surface area (Å²) in [5, 5.41) is 32.3. The van der Waals surface area contributed by atoms with Crippen molar-refractivity contribution in [1.82, 2.24) is 0 Å². The van der Waals surface area contributed by atoms with Crippen molar-refractivity contribution in [1.29, 1.82) is 0 Å². The van der Waals surface area contributed by atoms with E-state index in [1.807, 2.05) is 90.4 Å². The molecule has 0 radical (unpaired) electrons. The quantitative estimate of drug-likeness (QED) is 0.107. The van der Waals surface area contributed by atoms with Crippen molar-refractivity contribution in [2.24, 2.45) is 0 Å². The van der Waals surface area contributed by atoms with Gasteiger partial charge in [-0.25, -0.2) is 9.21 Å². The Bertz CT molecular complexity index is 1380. The molecule has 0 aliphatic rings. The van der Waals surface area contributed by atoms with Crippen LogP contribution < -0.4 is 0 Å². The maximum absolute atomic E-state index is 12.3. The van der Waals surface area contributed by atoms with Gasteiger partial charge in [-0.05, 0) is 146 Å². The van der Waals surface area contributed by atoms with E-state index in [-0.39, 0.29) is 17.1 Å². The highest BCUT2D eigenvalue weighted by Gasteiger charge is 2.31. The van der Waals surface area contributed by atoms with E-state index in [9.17, 15) is 20.1 Å². The van der Waals surface area contributed by atoms with Crippen LogP contribution in [0, 0.1) is 14.3 Å². The average Bonchev–Trinajstić information content (AvgIpc) is 2.71. The fourth-order valence-electron chi connectivity index (χ4n) is 3.26. The first-order valence-corrected chi connectivity index (χ1v) is 14.1. The summed E-state index contributed by atoms with van der Waals surface area (Å²) in [6.45, 7) is 0. The van der Waals surface area contributed by atoms with Crippen LogP contribution in [-0.2, 0) is 0 Å². The van der Waals surface area contributed by atoms with Crippen LogP contribution in [0.1, 0.15) is 10.4 Å². The van der Waals surface area contributed by atoms with Gasteiger partial charge >= 0.3 is 17.1 Å². The van der Waals surface area contributed by atoms with Gasteiger partial charge in [0.15, 0.2) is 18.6 Å². The second-order valence-corrected chi connectivity index (χ2v) is 12.5. The summed E-state index contributed by atoms with van der Waals surface area (Å²) in [5.41, 5.74) is 2.06. The monoisotopic (exact) mass is 992 g/mol. The van der Waals surface area contributed by atoms with Gasteiger partial charge in [0.1, 0.15) is 0 Å². The summed E-state index contributed by atoms with van der Waals surface area (Å²) in [6, 6.07) is 7.08. The van der Waals surface area contributed by atoms with Crippen molar-refractivity contribution in [2.45, 2.75) is 0 Å². The molecule has 3 N–H and O–H groups in total. The Labute approximate surface area is 246 Å². The number of benzene rings is 3. The van der Waals surface area contributed by atoms with Crippen LogP contribution in [0.15, 0.2) is 37.6 Å². The molecule has 0 saturated carbocycles. The number of hydrogen-bond donors (Lipinski definition) is 3. The lowest BCUT2D eigenvalue weighted by molar-refractivity contribution is 0.0696. The number of phenols is 2. The highest BCUT2D eigenvalue weighted by molar-refractivity contribution is 14.1. The van der Waals surface area contributed by atoms with Gasteiger partial charge in [0, 0.05) is 14.5 Å². The van der Waals surface area contributed by atoms with Gasteiger partial charge in [-0.1, -0.05) is 6.07 Å². The molecule has 4 aromatic rings. The van der Waals surface area contributed by atoms with Crippen LogP contribution in [0.2, 0.25) is 0 Å². The minimum atomic E-state index is -1.09. The molecule has 0 atom stereocenters. The molecule has 0 aliphatic heterocycles. The number of carboxylic acids is 1. The number of carbonyl (C=O) groups is 1. The summed E-state index contributed by atoms with van der Waals surface area (Å²) in [7, 11) is 0. The zero-order valence-corrected chi connectivity index (χ0v) is 26.5. The molecule has 0 fully saturated rings. The van der Waals surface area contributed by atoms with Crippen LogP contribution in [-0.4, -0.2) is 21.3 Å². The molecule has 31 heavy (non-hydrogen) atoms. The fraction of sp³-hybridized carbons (Fsp3) is 0. The van der Waals surface area contributed by atoms with E-state index in [1.165, 1.54) is 0 Å². The molecule has 158 valence electrons. The summed E-state index contributed by atoms with van der Waals surface area (Å²) in [4.78, 5) is 12.3. The first kappa shape index (κ1) is 24.4. The maximum Gasteiger partial charge on any atom is 0.378 e. The largest absolute Gasteiger partial charge is 0.505 e. The third-order valence-electron chi connectivity index (χ3n) is 4.62. The standard InChI is InChI=1S/C20H6Br2I4O5/c21-8-2-1-5(12(13(8)22)20(29)30)11-6-3-9(23)16(27)14(25)18(6)31-19-7(11)4-10(24)17(28)15(19)26/h1-4H,(H2-,27,28,29,30)/p+1. The summed E-state index contributed by atoms with van der Waals surface area (Å²) in [5.74, 6) is -0.914. The second kappa shape index (κ2) is 9.14. The van der Waals surface area contributed by atoms with E-state index in [4.69, 9.17) is 4.42 Å². The molecule has 0 amide bonds. The lowest BCUT2D eigenvalue weighted by atomic mass is 9.93. The number of carboxylic acid groups (broad SMARTS) is 1. The minimum Gasteiger partial charge on any atom is -0.505 e. The third kappa shape index (κ3) is 4.05.